The predicted molar refractivity (Wildman–Crippen MR) is 109 cm³/mol. The van der Waals surface area contributed by atoms with Crippen molar-refractivity contribution in [3.63, 3.8) is 0 Å². The van der Waals surface area contributed by atoms with Gasteiger partial charge in [-0.05, 0) is 41.5 Å². The van der Waals surface area contributed by atoms with Crippen LogP contribution in [-0.2, 0) is 15.8 Å². The summed E-state index contributed by atoms with van der Waals surface area (Å²) in [7, 11) is 0. The van der Waals surface area contributed by atoms with E-state index in [9.17, 15) is 27.2 Å². The van der Waals surface area contributed by atoms with Crippen molar-refractivity contribution in [2.24, 2.45) is 0 Å². The fourth-order valence-corrected chi connectivity index (χ4v) is 4.08. The van der Waals surface area contributed by atoms with Crippen molar-refractivity contribution in [1.29, 1.82) is 0 Å². The third kappa shape index (κ3) is 4.88. The van der Waals surface area contributed by atoms with Gasteiger partial charge in [0.25, 0.3) is 5.91 Å². The van der Waals surface area contributed by atoms with Crippen molar-refractivity contribution < 1.29 is 32.3 Å². The second kappa shape index (κ2) is 8.57. The van der Waals surface area contributed by atoms with E-state index < -0.39 is 29.4 Å². The van der Waals surface area contributed by atoms with Crippen molar-refractivity contribution >= 4 is 46.3 Å². The lowest BCUT2D eigenvalue weighted by Gasteiger charge is -2.12. The van der Waals surface area contributed by atoms with Crippen molar-refractivity contribution in [2.45, 2.75) is 12.6 Å². The Morgan fingerprint density at radius 3 is 2.60 bits per heavy atom. The molecule has 1 aliphatic rings. The molecule has 1 amide bonds. The number of thioether (sulfide) groups is 1. The number of halogens is 4. The Labute approximate surface area is 178 Å². The van der Waals surface area contributed by atoms with E-state index in [0.717, 1.165) is 23.9 Å². The van der Waals surface area contributed by atoms with Crippen molar-refractivity contribution in [3.05, 3.63) is 64.3 Å². The molecule has 0 aromatic heterocycles. The summed E-state index contributed by atoms with van der Waals surface area (Å²) in [5, 5.41) is 8.77. The van der Waals surface area contributed by atoms with Gasteiger partial charge in [-0.3, -0.25) is 14.5 Å². The van der Waals surface area contributed by atoms with E-state index in [1.807, 2.05) is 0 Å². The molecule has 3 rings (SSSR count). The van der Waals surface area contributed by atoms with Crippen molar-refractivity contribution in [2.75, 3.05) is 6.54 Å². The van der Waals surface area contributed by atoms with Gasteiger partial charge in [-0.2, -0.15) is 13.2 Å². The first-order valence-corrected chi connectivity index (χ1v) is 9.73. The number of carboxylic acids is 1. The van der Waals surface area contributed by atoms with Crippen LogP contribution in [0.4, 0.5) is 17.6 Å². The van der Waals surface area contributed by atoms with Crippen LogP contribution in [0.5, 0.6) is 0 Å². The van der Waals surface area contributed by atoms with Gasteiger partial charge in [0, 0.05) is 12.1 Å². The standard InChI is InChI=1S/C20H13F4NO3S2/c21-15-5-4-13(20(22,23)24)10-14(15)12-3-1-2-11(8-12)9-16-18(28)25(19(29)30-16)7-6-17(26)27/h1-5,8-10H,6-7H2,(H,26,27)/b16-9-. The van der Waals surface area contributed by atoms with Crippen LogP contribution in [0.25, 0.3) is 17.2 Å². The van der Waals surface area contributed by atoms with Crippen LogP contribution < -0.4 is 0 Å². The molecule has 1 saturated heterocycles. The van der Waals surface area contributed by atoms with E-state index in [1.54, 1.807) is 6.07 Å². The number of carbonyl (C=O) groups excluding carboxylic acids is 1. The zero-order chi connectivity index (χ0) is 22.1. The molecule has 1 fully saturated rings. The lowest BCUT2D eigenvalue weighted by Crippen LogP contribution is -2.30. The highest BCUT2D eigenvalue weighted by Crippen LogP contribution is 2.35. The molecule has 0 aliphatic carbocycles. The third-order valence-electron chi connectivity index (χ3n) is 4.21. The Morgan fingerprint density at radius 1 is 1.20 bits per heavy atom. The number of amides is 1. The van der Waals surface area contributed by atoms with Crippen LogP contribution in [0.15, 0.2) is 47.4 Å². The number of hydrogen-bond acceptors (Lipinski definition) is 4. The first-order chi connectivity index (χ1) is 14.1. The summed E-state index contributed by atoms with van der Waals surface area (Å²) in [6, 6.07) is 8.24. The monoisotopic (exact) mass is 455 g/mol. The smallest absolute Gasteiger partial charge is 0.416 e. The molecule has 4 nitrogen and oxygen atoms in total. The number of carbonyl (C=O) groups is 2. The van der Waals surface area contributed by atoms with Crippen LogP contribution in [0.2, 0.25) is 0 Å². The van der Waals surface area contributed by atoms with E-state index >= 15 is 0 Å². The number of aliphatic carboxylic acids is 1. The average Bonchev–Trinajstić information content (AvgIpc) is 2.92. The summed E-state index contributed by atoms with van der Waals surface area (Å²) in [6.45, 7) is -0.0627. The molecule has 0 atom stereocenters. The normalized spacial score (nSPS) is 15.9. The molecular weight excluding hydrogens is 442 g/mol. The number of hydrogen-bond donors (Lipinski definition) is 1. The Kier molecular flexibility index (Phi) is 6.27. The second-order valence-corrected chi connectivity index (χ2v) is 7.97. The molecule has 0 spiro atoms. The summed E-state index contributed by atoms with van der Waals surface area (Å²) in [4.78, 5) is 24.6. The van der Waals surface area contributed by atoms with Gasteiger partial charge in [0.15, 0.2) is 0 Å². The maximum Gasteiger partial charge on any atom is 0.416 e. The fourth-order valence-electron chi connectivity index (χ4n) is 2.77. The van der Waals surface area contributed by atoms with Gasteiger partial charge in [0.2, 0.25) is 0 Å². The number of nitrogens with zero attached hydrogens (tertiary/aromatic N) is 1. The SMILES string of the molecule is O=C(O)CCN1C(=O)/C(=C/c2cccc(-c3cc(C(F)(F)F)ccc3F)c2)SC1=S. The second-order valence-electron chi connectivity index (χ2n) is 6.29. The summed E-state index contributed by atoms with van der Waals surface area (Å²) in [6.07, 6.45) is -3.39. The summed E-state index contributed by atoms with van der Waals surface area (Å²) >= 11 is 6.10. The summed E-state index contributed by atoms with van der Waals surface area (Å²) < 4.78 is 53.3. The van der Waals surface area contributed by atoms with Gasteiger partial charge in [0.1, 0.15) is 10.1 Å². The van der Waals surface area contributed by atoms with Crippen molar-refractivity contribution in [3.8, 4) is 11.1 Å². The van der Waals surface area contributed by atoms with Gasteiger partial charge in [-0.25, -0.2) is 4.39 Å². The Balaban J connectivity index is 1.91. The van der Waals surface area contributed by atoms with Crippen LogP contribution in [-0.4, -0.2) is 32.7 Å². The molecule has 1 heterocycles. The minimum absolute atomic E-state index is 0.0627. The van der Waals surface area contributed by atoms with Gasteiger partial charge >= 0.3 is 12.1 Å². The van der Waals surface area contributed by atoms with E-state index in [2.05, 4.69) is 0 Å². The van der Waals surface area contributed by atoms with Gasteiger partial charge in [-0.15, -0.1) is 0 Å². The van der Waals surface area contributed by atoms with E-state index in [1.165, 1.54) is 29.2 Å². The minimum atomic E-state index is -4.61. The highest BCUT2D eigenvalue weighted by Gasteiger charge is 2.32. The topological polar surface area (TPSA) is 57.6 Å². The fraction of sp³-hybridized carbons (Fsp3) is 0.150. The number of carboxylic acid groups (broad SMARTS) is 1. The minimum Gasteiger partial charge on any atom is -0.481 e. The summed E-state index contributed by atoms with van der Waals surface area (Å²) in [5.41, 5.74) is -0.505. The molecule has 10 heteroatoms. The number of alkyl halides is 3. The Bertz CT molecular complexity index is 1070. The Morgan fingerprint density at radius 2 is 1.93 bits per heavy atom. The largest absolute Gasteiger partial charge is 0.481 e. The average molecular weight is 455 g/mol. The lowest BCUT2D eigenvalue weighted by molar-refractivity contribution is -0.138. The molecular formula is C20H13F4NO3S2. The van der Waals surface area contributed by atoms with Crippen LogP contribution >= 0.6 is 24.0 Å². The maximum atomic E-state index is 14.2. The van der Waals surface area contributed by atoms with Gasteiger partial charge in [-0.1, -0.05) is 42.2 Å². The maximum absolute atomic E-state index is 14.2. The quantitative estimate of drug-likeness (QED) is 0.382. The zero-order valence-electron chi connectivity index (χ0n) is 15.1. The van der Waals surface area contributed by atoms with Gasteiger partial charge in [0.05, 0.1) is 16.9 Å². The molecule has 2 aromatic carbocycles. The number of rotatable bonds is 5. The first kappa shape index (κ1) is 22.0. The molecule has 1 N–H and O–H groups in total. The highest BCUT2D eigenvalue weighted by molar-refractivity contribution is 8.26. The highest BCUT2D eigenvalue weighted by atomic mass is 32.2. The van der Waals surface area contributed by atoms with Gasteiger partial charge < -0.3 is 5.11 Å². The van der Waals surface area contributed by atoms with E-state index in [0.29, 0.717) is 11.6 Å². The van der Waals surface area contributed by atoms with Crippen LogP contribution in [0.1, 0.15) is 17.5 Å². The Hall–Kier alpha value is -2.72. The molecule has 0 unspecified atom stereocenters. The zero-order valence-corrected chi connectivity index (χ0v) is 16.7. The number of thiocarbonyl (C=S) groups is 1. The van der Waals surface area contributed by atoms with E-state index in [-0.39, 0.29) is 33.3 Å². The van der Waals surface area contributed by atoms with Crippen molar-refractivity contribution in [1.82, 2.24) is 4.90 Å². The van der Waals surface area contributed by atoms with E-state index in [4.69, 9.17) is 17.3 Å². The third-order valence-corrected chi connectivity index (χ3v) is 5.59. The predicted octanol–water partition coefficient (Wildman–Crippen LogP) is 5.19. The first-order valence-electron chi connectivity index (χ1n) is 8.50. The molecule has 0 bridgehead atoms. The summed E-state index contributed by atoms with van der Waals surface area (Å²) in [5.74, 6) is -2.33. The molecule has 0 radical (unpaired) electrons. The lowest BCUT2D eigenvalue weighted by atomic mass is 10.00. The van der Waals surface area contributed by atoms with Crippen LogP contribution in [0, 0.1) is 5.82 Å². The van der Waals surface area contributed by atoms with Crippen LogP contribution in [0.3, 0.4) is 0 Å². The number of benzene rings is 2. The molecule has 1 aliphatic heterocycles. The molecule has 2 aromatic rings. The molecule has 156 valence electrons. The molecule has 30 heavy (non-hydrogen) atoms. The molecule has 0 saturated carbocycles.